The number of amides is 2. The van der Waals surface area contributed by atoms with E-state index >= 15 is 0 Å². The minimum Gasteiger partial charge on any atom is -0.348 e. The molecule has 0 aliphatic carbocycles. The van der Waals surface area contributed by atoms with Gasteiger partial charge in [-0.3, -0.25) is 9.59 Å². The van der Waals surface area contributed by atoms with E-state index in [9.17, 15) is 22.8 Å². The van der Waals surface area contributed by atoms with Gasteiger partial charge in [-0.25, -0.2) is 0 Å². The molecule has 0 saturated heterocycles. The summed E-state index contributed by atoms with van der Waals surface area (Å²) in [4.78, 5) is 23.8. The minimum absolute atomic E-state index is 0.0527. The fourth-order valence-corrected chi connectivity index (χ4v) is 2.19. The van der Waals surface area contributed by atoms with E-state index in [1.165, 1.54) is 0 Å². The average Bonchev–Trinajstić information content (AvgIpc) is 2.59. The summed E-state index contributed by atoms with van der Waals surface area (Å²) in [7, 11) is 0. The van der Waals surface area contributed by atoms with Gasteiger partial charge in [-0.15, -0.1) is 0 Å². The molecule has 0 saturated carbocycles. The van der Waals surface area contributed by atoms with Crippen molar-refractivity contribution in [3.05, 3.63) is 71.3 Å². The number of benzene rings is 2. The fourth-order valence-electron chi connectivity index (χ4n) is 2.19. The first-order chi connectivity index (χ1) is 11.8. The molecule has 0 bridgehead atoms. The molecule has 1 unspecified atom stereocenters. The number of rotatable bonds is 5. The normalized spacial score (nSPS) is 12.3. The van der Waals surface area contributed by atoms with Crippen LogP contribution in [-0.2, 0) is 11.0 Å². The maximum absolute atomic E-state index is 12.5. The Labute approximate surface area is 143 Å². The predicted octanol–water partition coefficient (Wildman–Crippen LogP) is 3.31. The van der Waals surface area contributed by atoms with Gasteiger partial charge >= 0.3 is 6.18 Å². The molecule has 7 heteroatoms. The fraction of sp³-hybridized carbons (Fsp3) is 0.222. The first-order valence-electron chi connectivity index (χ1n) is 7.57. The third-order valence-electron chi connectivity index (χ3n) is 3.56. The Kier molecular flexibility index (Phi) is 5.80. The van der Waals surface area contributed by atoms with E-state index in [4.69, 9.17) is 0 Å². The van der Waals surface area contributed by atoms with E-state index in [0.29, 0.717) is 0 Å². The first kappa shape index (κ1) is 18.5. The van der Waals surface area contributed by atoms with E-state index in [-0.39, 0.29) is 18.2 Å². The summed E-state index contributed by atoms with van der Waals surface area (Å²) in [6, 6.07) is 12.9. The minimum atomic E-state index is -4.46. The highest BCUT2D eigenvalue weighted by molar-refractivity contribution is 5.96. The largest absolute Gasteiger partial charge is 0.416 e. The molecule has 0 spiro atoms. The summed E-state index contributed by atoms with van der Waals surface area (Å²) in [6.45, 7) is 1.54. The first-order valence-corrected chi connectivity index (χ1v) is 7.57. The van der Waals surface area contributed by atoms with Gasteiger partial charge in [0.1, 0.15) is 0 Å². The highest BCUT2D eigenvalue weighted by Crippen LogP contribution is 2.29. The average molecular weight is 350 g/mol. The monoisotopic (exact) mass is 350 g/mol. The third-order valence-corrected chi connectivity index (χ3v) is 3.56. The summed E-state index contributed by atoms with van der Waals surface area (Å²) in [6.07, 6.45) is -4.46. The summed E-state index contributed by atoms with van der Waals surface area (Å²) in [5.41, 5.74) is 0.139. The second kappa shape index (κ2) is 7.83. The Morgan fingerprint density at radius 1 is 1.00 bits per heavy atom. The topological polar surface area (TPSA) is 58.2 Å². The molecule has 2 aromatic rings. The van der Waals surface area contributed by atoms with Gasteiger partial charge in [0, 0.05) is 5.56 Å². The zero-order valence-electron chi connectivity index (χ0n) is 13.4. The van der Waals surface area contributed by atoms with E-state index in [1.807, 2.05) is 37.3 Å². The number of nitrogens with one attached hydrogen (secondary N) is 2. The highest BCUT2D eigenvalue weighted by Gasteiger charge is 2.30. The van der Waals surface area contributed by atoms with Crippen LogP contribution in [0.1, 0.15) is 34.5 Å². The molecule has 0 aliphatic heterocycles. The lowest BCUT2D eigenvalue weighted by Gasteiger charge is -2.14. The van der Waals surface area contributed by atoms with Crippen molar-refractivity contribution in [2.24, 2.45) is 0 Å². The van der Waals surface area contributed by atoms with Crippen molar-refractivity contribution in [2.75, 3.05) is 6.54 Å². The van der Waals surface area contributed by atoms with Crippen LogP contribution in [0.4, 0.5) is 13.2 Å². The molecule has 0 aliphatic rings. The summed E-state index contributed by atoms with van der Waals surface area (Å²) < 4.78 is 37.4. The maximum Gasteiger partial charge on any atom is 0.416 e. The molecule has 2 aromatic carbocycles. The van der Waals surface area contributed by atoms with Gasteiger partial charge in [0.15, 0.2) is 0 Å². The van der Waals surface area contributed by atoms with E-state index < -0.39 is 23.6 Å². The van der Waals surface area contributed by atoms with Crippen molar-refractivity contribution in [1.29, 1.82) is 0 Å². The van der Waals surface area contributed by atoms with E-state index in [0.717, 1.165) is 29.8 Å². The van der Waals surface area contributed by atoms with Crippen molar-refractivity contribution in [3.8, 4) is 0 Å². The SMILES string of the molecule is CC(NC(=O)CNC(=O)c1ccc(C(F)(F)F)cc1)c1ccccc1. The van der Waals surface area contributed by atoms with Gasteiger partial charge in [-0.05, 0) is 36.8 Å². The van der Waals surface area contributed by atoms with Crippen LogP contribution in [0.5, 0.6) is 0 Å². The Balaban J connectivity index is 1.86. The Morgan fingerprint density at radius 2 is 1.60 bits per heavy atom. The molecule has 25 heavy (non-hydrogen) atoms. The van der Waals surface area contributed by atoms with Crippen LogP contribution < -0.4 is 10.6 Å². The van der Waals surface area contributed by atoms with Crippen molar-refractivity contribution < 1.29 is 22.8 Å². The zero-order valence-corrected chi connectivity index (χ0v) is 13.4. The number of alkyl halides is 3. The van der Waals surface area contributed by atoms with Crippen LogP contribution in [-0.4, -0.2) is 18.4 Å². The molecule has 2 rings (SSSR count). The predicted molar refractivity (Wildman–Crippen MR) is 86.8 cm³/mol. The Morgan fingerprint density at radius 3 is 2.16 bits per heavy atom. The van der Waals surface area contributed by atoms with Gasteiger partial charge in [-0.2, -0.15) is 13.2 Å². The molecule has 2 N–H and O–H groups in total. The van der Waals surface area contributed by atoms with Crippen molar-refractivity contribution >= 4 is 11.8 Å². The molecule has 0 radical (unpaired) electrons. The van der Waals surface area contributed by atoms with Crippen LogP contribution >= 0.6 is 0 Å². The van der Waals surface area contributed by atoms with Crippen LogP contribution in [0.2, 0.25) is 0 Å². The van der Waals surface area contributed by atoms with Crippen LogP contribution in [0.25, 0.3) is 0 Å². The Hall–Kier alpha value is -2.83. The second-order valence-electron chi connectivity index (χ2n) is 5.46. The second-order valence-corrected chi connectivity index (χ2v) is 5.46. The Bertz CT molecular complexity index is 728. The summed E-state index contributed by atoms with van der Waals surface area (Å²) in [5.74, 6) is -1.01. The van der Waals surface area contributed by atoms with Crippen LogP contribution in [0.3, 0.4) is 0 Å². The molecular weight excluding hydrogens is 333 g/mol. The molecule has 2 amide bonds. The lowest BCUT2D eigenvalue weighted by atomic mass is 10.1. The van der Waals surface area contributed by atoms with Gasteiger partial charge in [0.25, 0.3) is 5.91 Å². The summed E-state index contributed by atoms with van der Waals surface area (Å²) >= 11 is 0. The maximum atomic E-state index is 12.5. The van der Waals surface area contributed by atoms with Gasteiger partial charge in [-0.1, -0.05) is 30.3 Å². The summed E-state index contributed by atoms with van der Waals surface area (Å²) in [5, 5.41) is 5.11. The van der Waals surface area contributed by atoms with E-state index in [2.05, 4.69) is 10.6 Å². The highest BCUT2D eigenvalue weighted by atomic mass is 19.4. The van der Waals surface area contributed by atoms with Gasteiger partial charge in [0.05, 0.1) is 18.2 Å². The molecule has 0 fully saturated rings. The number of halogens is 3. The van der Waals surface area contributed by atoms with Gasteiger partial charge < -0.3 is 10.6 Å². The van der Waals surface area contributed by atoms with Crippen molar-refractivity contribution in [2.45, 2.75) is 19.1 Å². The zero-order chi connectivity index (χ0) is 18.4. The lowest BCUT2D eigenvalue weighted by molar-refractivity contribution is -0.137. The standard InChI is InChI=1S/C18H17F3N2O2/c1-12(13-5-3-2-4-6-13)23-16(24)11-22-17(25)14-7-9-15(10-8-14)18(19,20)21/h2-10,12H,11H2,1H3,(H,22,25)(H,23,24). The van der Waals surface area contributed by atoms with Crippen LogP contribution in [0.15, 0.2) is 54.6 Å². The van der Waals surface area contributed by atoms with Crippen molar-refractivity contribution in [3.63, 3.8) is 0 Å². The van der Waals surface area contributed by atoms with Gasteiger partial charge in [0.2, 0.25) is 5.91 Å². The number of hydrogen-bond donors (Lipinski definition) is 2. The quantitative estimate of drug-likeness (QED) is 0.869. The smallest absolute Gasteiger partial charge is 0.348 e. The third kappa shape index (κ3) is 5.34. The number of carbonyl (C=O) groups excluding carboxylic acids is 2. The number of carbonyl (C=O) groups is 2. The molecule has 4 nitrogen and oxygen atoms in total. The molecule has 0 aromatic heterocycles. The van der Waals surface area contributed by atoms with E-state index in [1.54, 1.807) is 0 Å². The number of hydrogen-bond acceptors (Lipinski definition) is 2. The van der Waals surface area contributed by atoms with Crippen molar-refractivity contribution in [1.82, 2.24) is 10.6 Å². The molecule has 0 heterocycles. The molecule has 132 valence electrons. The molecule has 1 atom stereocenters. The lowest BCUT2D eigenvalue weighted by Crippen LogP contribution is -2.38. The van der Waals surface area contributed by atoms with Crippen LogP contribution in [0, 0.1) is 0 Å². The molecular formula is C18H17F3N2O2.